The van der Waals surface area contributed by atoms with Gasteiger partial charge >= 0.3 is 12.0 Å². The molecule has 0 aliphatic heterocycles. The van der Waals surface area contributed by atoms with Crippen LogP contribution in [0.5, 0.6) is 0 Å². The molecule has 1 aromatic carbocycles. The summed E-state index contributed by atoms with van der Waals surface area (Å²) in [5, 5.41) is 14.5. The third-order valence-electron chi connectivity index (χ3n) is 2.67. The average Bonchev–Trinajstić information content (AvgIpc) is 2.34. The molecule has 110 valence electrons. The van der Waals surface area contributed by atoms with Crippen LogP contribution >= 0.6 is 27.5 Å². The van der Waals surface area contributed by atoms with Crippen LogP contribution in [0, 0.1) is 5.92 Å². The molecule has 1 aromatic rings. The summed E-state index contributed by atoms with van der Waals surface area (Å²) in [5.74, 6) is -1.26. The van der Waals surface area contributed by atoms with Crippen molar-refractivity contribution in [1.29, 1.82) is 0 Å². The summed E-state index contributed by atoms with van der Waals surface area (Å²) in [7, 11) is 0. The quantitative estimate of drug-likeness (QED) is 0.752. The third kappa shape index (κ3) is 5.02. The molecule has 1 atom stereocenters. The third-order valence-corrected chi connectivity index (χ3v) is 3.52. The molecule has 0 saturated carbocycles. The summed E-state index contributed by atoms with van der Waals surface area (Å²) in [6.45, 7) is 3.68. The number of aliphatic carboxylic acids is 1. The molecule has 0 aromatic heterocycles. The molecule has 0 aliphatic carbocycles. The molecule has 0 bridgehead atoms. The van der Waals surface area contributed by atoms with Crippen LogP contribution in [-0.2, 0) is 11.3 Å². The summed E-state index contributed by atoms with van der Waals surface area (Å²) in [6, 6.07) is 3.86. The van der Waals surface area contributed by atoms with Crippen LogP contribution in [0.4, 0.5) is 4.79 Å². The van der Waals surface area contributed by atoms with E-state index >= 15 is 0 Å². The number of hydrogen-bond acceptors (Lipinski definition) is 2. The fourth-order valence-electron chi connectivity index (χ4n) is 1.55. The van der Waals surface area contributed by atoms with E-state index in [4.69, 9.17) is 16.7 Å². The van der Waals surface area contributed by atoms with Crippen LogP contribution in [-0.4, -0.2) is 23.1 Å². The number of carboxylic acids is 1. The predicted octanol–water partition coefficient (Wildman–Crippen LogP) is 3.01. The lowest BCUT2D eigenvalue weighted by molar-refractivity contribution is -0.140. The van der Waals surface area contributed by atoms with Gasteiger partial charge in [-0.05, 0) is 23.6 Å². The first-order valence-corrected chi connectivity index (χ1v) is 7.19. The highest BCUT2D eigenvalue weighted by molar-refractivity contribution is 9.10. The Labute approximate surface area is 130 Å². The molecule has 0 fully saturated rings. The number of carbonyl (C=O) groups is 2. The Morgan fingerprint density at radius 2 is 2.05 bits per heavy atom. The molecular weight excluding hydrogens is 348 g/mol. The summed E-state index contributed by atoms with van der Waals surface area (Å²) in [5.41, 5.74) is 0.751. The number of amides is 2. The van der Waals surface area contributed by atoms with Gasteiger partial charge < -0.3 is 15.7 Å². The minimum atomic E-state index is -1.06. The van der Waals surface area contributed by atoms with Crippen molar-refractivity contribution in [3.8, 4) is 0 Å². The molecule has 20 heavy (non-hydrogen) atoms. The van der Waals surface area contributed by atoms with Gasteiger partial charge in [-0.15, -0.1) is 0 Å². The molecule has 5 nitrogen and oxygen atoms in total. The van der Waals surface area contributed by atoms with Crippen molar-refractivity contribution in [2.45, 2.75) is 26.4 Å². The summed E-state index contributed by atoms with van der Waals surface area (Å²) < 4.78 is 0.849. The fraction of sp³-hybridized carbons (Fsp3) is 0.385. The first kappa shape index (κ1) is 16.8. The normalized spacial score (nSPS) is 12.1. The van der Waals surface area contributed by atoms with Crippen molar-refractivity contribution < 1.29 is 14.7 Å². The van der Waals surface area contributed by atoms with Crippen LogP contribution < -0.4 is 10.6 Å². The number of halogens is 2. The smallest absolute Gasteiger partial charge is 0.326 e. The first-order valence-electron chi connectivity index (χ1n) is 6.02. The summed E-state index contributed by atoms with van der Waals surface area (Å²) in [4.78, 5) is 22.6. The van der Waals surface area contributed by atoms with Crippen molar-refractivity contribution in [3.05, 3.63) is 33.3 Å². The first-order chi connectivity index (χ1) is 9.31. The van der Waals surface area contributed by atoms with Crippen molar-refractivity contribution in [2.75, 3.05) is 0 Å². The molecule has 0 spiro atoms. The van der Waals surface area contributed by atoms with E-state index in [1.54, 1.807) is 26.0 Å². The van der Waals surface area contributed by atoms with Gasteiger partial charge in [0.2, 0.25) is 0 Å². The van der Waals surface area contributed by atoms with E-state index in [2.05, 4.69) is 26.6 Å². The SMILES string of the molecule is CC(C)C(NC(=O)NCc1ccc(Br)cc1Cl)C(=O)O. The van der Waals surface area contributed by atoms with E-state index in [1.165, 1.54) is 0 Å². The van der Waals surface area contributed by atoms with E-state index < -0.39 is 18.0 Å². The highest BCUT2D eigenvalue weighted by Gasteiger charge is 2.23. The van der Waals surface area contributed by atoms with Crippen molar-refractivity contribution in [3.63, 3.8) is 0 Å². The fourth-order valence-corrected chi connectivity index (χ4v) is 2.29. The van der Waals surface area contributed by atoms with Crippen LogP contribution in [0.2, 0.25) is 5.02 Å². The summed E-state index contributed by atoms with van der Waals surface area (Å²) >= 11 is 9.32. The number of benzene rings is 1. The second-order valence-electron chi connectivity index (χ2n) is 4.62. The minimum absolute atomic E-state index is 0.200. The lowest BCUT2D eigenvalue weighted by Gasteiger charge is -2.18. The van der Waals surface area contributed by atoms with Gasteiger partial charge in [-0.25, -0.2) is 9.59 Å². The topological polar surface area (TPSA) is 78.4 Å². The van der Waals surface area contributed by atoms with Gasteiger partial charge in [-0.3, -0.25) is 0 Å². The van der Waals surface area contributed by atoms with Crippen LogP contribution in [0.25, 0.3) is 0 Å². The van der Waals surface area contributed by atoms with E-state index in [1.807, 2.05) is 6.07 Å². The maximum Gasteiger partial charge on any atom is 0.326 e. The van der Waals surface area contributed by atoms with Gasteiger partial charge in [0.25, 0.3) is 0 Å². The van der Waals surface area contributed by atoms with Crippen LogP contribution in [0.3, 0.4) is 0 Å². The van der Waals surface area contributed by atoms with Crippen LogP contribution in [0.15, 0.2) is 22.7 Å². The maximum atomic E-state index is 11.7. The van der Waals surface area contributed by atoms with E-state index in [0.29, 0.717) is 5.02 Å². The second kappa shape index (κ2) is 7.50. The number of carbonyl (C=O) groups excluding carboxylic acids is 1. The van der Waals surface area contributed by atoms with Gasteiger partial charge in [0, 0.05) is 16.0 Å². The van der Waals surface area contributed by atoms with E-state index in [9.17, 15) is 9.59 Å². The highest BCUT2D eigenvalue weighted by atomic mass is 79.9. The zero-order chi connectivity index (χ0) is 15.3. The van der Waals surface area contributed by atoms with Gasteiger partial charge in [0.05, 0.1) is 0 Å². The molecule has 0 aliphatic rings. The van der Waals surface area contributed by atoms with E-state index in [-0.39, 0.29) is 12.5 Å². The number of nitrogens with one attached hydrogen (secondary N) is 2. The van der Waals surface area contributed by atoms with Gasteiger partial charge in [-0.2, -0.15) is 0 Å². The van der Waals surface area contributed by atoms with Gasteiger partial charge in [0.1, 0.15) is 6.04 Å². The lowest BCUT2D eigenvalue weighted by Crippen LogP contribution is -2.48. The Balaban J connectivity index is 2.57. The van der Waals surface area contributed by atoms with E-state index in [0.717, 1.165) is 10.0 Å². The van der Waals surface area contributed by atoms with Crippen molar-refractivity contribution in [2.24, 2.45) is 5.92 Å². The molecular formula is C13H16BrClN2O3. The Kier molecular flexibility index (Phi) is 6.29. The highest BCUT2D eigenvalue weighted by Crippen LogP contribution is 2.21. The van der Waals surface area contributed by atoms with Crippen molar-refractivity contribution in [1.82, 2.24) is 10.6 Å². The molecule has 1 rings (SSSR count). The molecule has 1 unspecified atom stereocenters. The molecule has 7 heteroatoms. The number of carboxylic acid groups (broad SMARTS) is 1. The van der Waals surface area contributed by atoms with Crippen molar-refractivity contribution >= 4 is 39.5 Å². The lowest BCUT2D eigenvalue weighted by atomic mass is 10.1. The minimum Gasteiger partial charge on any atom is -0.480 e. The molecule has 0 heterocycles. The summed E-state index contributed by atoms with van der Waals surface area (Å²) in [6.07, 6.45) is 0. The zero-order valence-corrected chi connectivity index (χ0v) is 13.5. The largest absolute Gasteiger partial charge is 0.480 e. The number of hydrogen-bond donors (Lipinski definition) is 3. The van der Waals surface area contributed by atoms with Crippen LogP contribution in [0.1, 0.15) is 19.4 Å². The van der Waals surface area contributed by atoms with Gasteiger partial charge in [-0.1, -0.05) is 47.4 Å². The molecule has 0 saturated heterocycles. The molecule has 2 amide bonds. The standard InChI is InChI=1S/C13H16BrClN2O3/c1-7(2)11(12(18)19)17-13(20)16-6-8-3-4-9(14)5-10(8)15/h3-5,7,11H,6H2,1-2H3,(H,18,19)(H2,16,17,20). The number of urea groups is 1. The molecule has 0 radical (unpaired) electrons. The second-order valence-corrected chi connectivity index (χ2v) is 5.95. The predicted molar refractivity (Wildman–Crippen MR) is 80.8 cm³/mol. The Morgan fingerprint density at radius 1 is 1.40 bits per heavy atom. The Hall–Kier alpha value is -1.27. The van der Waals surface area contributed by atoms with Gasteiger partial charge in [0.15, 0.2) is 0 Å². The average molecular weight is 364 g/mol. The Morgan fingerprint density at radius 3 is 2.55 bits per heavy atom. The Bertz CT molecular complexity index is 508. The monoisotopic (exact) mass is 362 g/mol. The number of rotatable bonds is 5. The molecule has 3 N–H and O–H groups in total. The zero-order valence-electron chi connectivity index (χ0n) is 11.1. The maximum absolute atomic E-state index is 11.7.